The number of carbonyl (C=O) groups is 3. The number of hydrogen-bond acceptors (Lipinski definition) is 5. The lowest BCUT2D eigenvalue weighted by atomic mass is 9.98. The van der Waals surface area contributed by atoms with E-state index in [0.717, 1.165) is 30.2 Å². The highest BCUT2D eigenvalue weighted by molar-refractivity contribution is 9.10. The fourth-order valence-electron chi connectivity index (χ4n) is 4.45. The quantitative estimate of drug-likeness (QED) is 0.279. The first kappa shape index (κ1) is 26.6. The summed E-state index contributed by atoms with van der Waals surface area (Å²) in [6, 6.07) is 14.5. The Labute approximate surface area is 229 Å². The topological polar surface area (TPSA) is 69.7 Å². The summed E-state index contributed by atoms with van der Waals surface area (Å²) in [6.07, 6.45) is 4.22. The summed E-state index contributed by atoms with van der Waals surface area (Å²) < 4.78 is 1.32. The molecule has 1 atom stereocenters. The minimum atomic E-state index is -0.362. The number of anilines is 2. The molecule has 2 aromatic rings. The Morgan fingerprint density at radius 1 is 1.08 bits per heavy atom. The average molecular weight is 587 g/mol. The van der Waals surface area contributed by atoms with Crippen LogP contribution in [0.25, 0.3) is 5.57 Å². The second-order valence-corrected chi connectivity index (χ2v) is 11.4. The SMILES string of the molecule is CCCC[C@@H](CC)CN1C(=O)/C(=C2/C(=O)N(CC(=O)Nc3cccc(Br)c3)c3ccccc32)SC1=S. The molecule has 0 bridgehead atoms. The van der Waals surface area contributed by atoms with Gasteiger partial charge in [-0.15, -0.1) is 0 Å². The van der Waals surface area contributed by atoms with E-state index in [0.29, 0.717) is 44.2 Å². The van der Waals surface area contributed by atoms with Gasteiger partial charge in [-0.1, -0.05) is 97.3 Å². The highest BCUT2D eigenvalue weighted by Gasteiger charge is 2.42. The van der Waals surface area contributed by atoms with Gasteiger partial charge in [-0.05, 0) is 36.6 Å². The Morgan fingerprint density at radius 2 is 1.86 bits per heavy atom. The summed E-state index contributed by atoms with van der Waals surface area (Å²) in [6.45, 7) is 4.68. The number of thioether (sulfide) groups is 1. The Balaban J connectivity index is 1.59. The number of para-hydroxylation sites is 1. The average Bonchev–Trinajstić information content (AvgIpc) is 3.28. The zero-order chi connectivity index (χ0) is 25.8. The molecule has 2 aliphatic rings. The van der Waals surface area contributed by atoms with Crippen molar-refractivity contribution in [2.24, 2.45) is 5.92 Å². The van der Waals surface area contributed by atoms with Crippen molar-refractivity contribution in [1.29, 1.82) is 0 Å². The Hall–Kier alpha value is -2.49. The van der Waals surface area contributed by atoms with Gasteiger partial charge in [0.25, 0.3) is 11.8 Å². The minimum Gasteiger partial charge on any atom is -0.324 e. The molecule has 2 heterocycles. The highest BCUT2D eigenvalue weighted by atomic mass is 79.9. The predicted octanol–water partition coefficient (Wildman–Crippen LogP) is 6.22. The molecule has 1 fully saturated rings. The van der Waals surface area contributed by atoms with E-state index in [1.54, 1.807) is 23.1 Å². The molecular formula is C27H28BrN3O3S2. The molecule has 0 aromatic heterocycles. The number of benzene rings is 2. The van der Waals surface area contributed by atoms with E-state index in [4.69, 9.17) is 12.2 Å². The van der Waals surface area contributed by atoms with Gasteiger partial charge in [0.05, 0.1) is 16.2 Å². The van der Waals surface area contributed by atoms with Gasteiger partial charge in [0.1, 0.15) is 10.9 Å². The molecule has 6 nitrogen and oxygen atoms in total. The van der Waals surface area contributed by atoms with Crippen molar-refractivity contribution in [3.8, 4) is 0 Å². The van der Waals surface area contributed by atoms with Crippen LogP contribution in [-0.2, 0) is 14.4 Å². The summed E-state index contributed by atoms with van der Waals surface area (Å²) in [5.41, 5.74) is 2.21. The lowest BCUT2D eigenvalue weighted by molar-refractivity contribution is -0.123. The highest BCUT2D eigenvalue weighted by Crippen LogP contribution is 2.44. The summed E-state index contributed by atoms with van der Waals surface area (Å²) >= 11 is 10.1. The lowest BCUT2D eigenvalue weighted by Gasteiger charge is -2.21. The maximum Gasteiger partial charge on any atom is 0.267 e. The van der Waals surface area contributed by atoms with Gasteiger partial charge in [0, 0.05) is 22.3 Å². The molecule has 0 aliphatic carbocycles. The second-order valence-electron chi connectivity index (χ2n) is 8.87. The number of carbonyl (C=O) groups excluding carboxylic acids is 3. The zero-order valence-corrected chi connectivity index (χ0v) is 23.5. The minimum absolute atomic E-state index is 0.166. The molecule has 1 N–H and O–H groups in total. The molecule has 0 radical (unpaired) electrons. The number of nitrogens with zero attached hydrogens (tertiary/aromatic N) is 2. The Kier molecular flexibility index (Phi) is 8.64. The summed E-state index contributed by atoms with van der Waals surface area (Å²) in [5, 5.41) is 2.83. The van der Waals surface area contributed by atoms with Crippen molar-refractivity contribution >= 4 is 78.9 Å². The van der Waals surface area contributed by atoms with Crippen molar-refractivity contribution in [1.82, 2.24) is 4.90 Å². The number of unbranched alkanes of at least 4 members (excludes halogenated alkanes) is 1. The molecule has 0 spiro atoms. The summed E-state index contributed by atoms with van der Waals surface area (Å²) in [7, 11) is 0. The number of rotatable bonds is 9. The molecule has 188 valence electrons. The van der Waals surface area contributed by atoms with Gasteiger partial charge < -0.3 is 5.32 Å². The van der Waals surface area contributed by atoms with Crippen molar-refractivity contribution in [3.63, 3.8) is 0 Å². The monoisotopic (exact) mass is 585 g/mol. The number of amides is 3. The first-order valence-electron chi connectivity index (χ1n) is 12.1. The third-order valence-electron chi connectivity index (χ3n) is 6.39. The van der Waals surface area contributed by atoms with Crippen LogP contribution in [0.5, 0.6) is 0 Å². The van der Waals surface area contributed by atoms with Gasteiger partial charge in [-0.3, -0.25) is 24.2 Å². The molecule has 36 heavy (non-hydrogen) atoms. The number of halogens is 1. The van der Waals surface area contributed by atoms with Crippen LogP contribution < -0.4 is 10.2 Å². The van der Waals surface area contributed by atoms with Gasteiger partial charge in [0.2, 0.25) is 5.91 Å². The smallest absolute Gasteiger partial charge is 0.267 e. The summed E-state index contributed by atoms with van der Waals surface area (Å²) in [4.78, 5) is 43.4. The zero-order valence-electron chi connectivity index (χ0n) is 20.3. The first-order chi connectivity index (χ1) is 17.3. The van der Waals surface area contributed by atoms with E-state index in [-0.39, 0.29) is 24.3 Å². The molecule has 4 rings (SSSR count). The van der Waals surface area contributed by atoms with Crippen LogP contribution >= 0.6 is 39.9 Å². The lowest BCUT2D eigenvalue weighted by Crippen LogP contribution is -2.36. The molecule has 0 saturated carbocycles. The number of fused-ring (bicyclic) bond motifs is 1. The second kappa shape index (κ2) is 11.7. The largest absolute Gasteiger partial charge is 0.324 e. The van der Waals surface area contributed by atoms with E-state index < -0.39 is 0 Å². The third-order valence-corrected chi connectivity index (χ3v) is 8.34. The van der Waals surface area contributed by atoms with E-state index >= 15 is 0 Å². The van der Waals surface area contributed by atoms with E-state index in [2.05, 4.69) is 35.1 Å². The van der Waals surface area contributed by atoms with Crippen molar-refractivity contribution in [2.45, 2.75) is 39.5 Å². The van der Waals surface area contributed by atoms with Gasteiger partial charge in [-0.25, -0.2) is 0 Å². The van der Waals surface area contributed by atoms with Crippen molar-refractivity contribution in [2.75, 3.05) is 23.3 Å². The van der Waals surface area contributed by atoms with E-state index in [1.807, 2.05) is 30.3 Å². The van der Waals surface area contributed by atoms with Crippen molar-refractivity contribution < 1.29 is 14.4 Å². The van der Waals surface area contributed by atoms with E-state index in [9.17, 15) is 14.4 Å². The normalized spacial score (nSPS) is 18.1. The van der Waals surface area contributed by atoms with E-state index in [1.165, 1.54) is 16.7 Å². The molecule has 9 heteroatoms. The molecule has 0 unspecified atom stereocenters. The van der Waals surface area contributed by atoms with Gasteiger partial charge in [-0.2, -0.15) is 0 Å². The maximum absolute atomic E-state index is 13.6. The van der Waals surface area contributed by atoms with Crippen molar-refractivity contribution in [3.05, 3.63) is 63.5 Å². The van der Waals surface area contributed by atoms with Crippen LogP contribution in [-0.4, -0.2) is 40.0 Å². The molecule has 2 aliphatic heterocycles. The van der Waals surface area contributed by atoms with Crippen LogP contribution in [0.1, 0.15) is 45.1 Å². The maximum atomic E-state index is 13.6. The molecular weight excluding hydrogens is 558 g/mol. The standard InChI is InChI=1S/C27H28BrN3O3S2/c1-3-5-9-17(4-2)15-31-26(34)24(36-27(31)35)23-20-12-6-7-13-21(20)30(25(23)33)16-22(32)29-19-11-8-10-18(28)14-19/h6-8,10-14,17H,3-5,9,15-16H2,1-2H3,(H,29,32)/b24-23-/t17-/m1/s1. The van der Waals surface area contributed by atoms with Crippen LogP contribution in [0.4, 0.5) is 11.4 Å². The van der Waals surface area contributed by atoms with Crippen LogP contribution in [0.3, 0.4) is 0 Å². The molecule has 2 aromatic carbocycles. The fourth-order valence-corrected chi connectivity index (χ4v) is 6.19. The third kappa shape index (κ3) is 5.58. The molecule has 3 amide bonds. The van der Waals surface area contributed by atoms with Crippen LogP contribution in [0.2, 0.25) is 0 Å². The van der Waals surface area contributed by atoms with Gasteiger partial charge >= 0.3 is 0 Å². The molecule has 1 saturated heterocycles. The fraction of sp³-hybridized carbons (Fsp3) is 0.333. The van der Waals surface area contributed by atoms with Crippen LogP contribution in [0, 0.1) is 5.92 Å². The number of nitrogens with one attached hydrogen (secondary N) is 1. The predicted molar refractivity (Wildman–Crippen MR) is 154 cm³/mol. The number of thiocarbonyl (C=S) groups is 1. The summed E-state index contributed by atoms with van der Waals surface area (Å²) in [5.74, 6) is -0.550. The Morgan fingerprint density at radius 3 is 2.58 bits per heavy atom. The van der Waals surface area contributed by atoms with Crippen LogP contribution in [0.15, 0.2) is 57.9 Å². The number of hydrogen-bond donors (Lipinski definition) is 1. The Bertz CT molecular complexity index is 1250. The first-order valence-corrected chi connectivity index (χ1v) is 14.1. The van der Waals surface area contributed by atoms with Gasteiger partial charge in [0.15, 0.2) is 0 Å².